The summed E-state index contributed by atoms with van der Waals surface area (Å²) in [7, 11) is 0. The second-order valence-electron chi connectivity index (χ2n) is 7.38. The van der Waals surface area contributed by atoms with E-state index in [2.05, 4.69) is 14.9 Å². The van der Waals surface area contributed by atoms with E-state index in [1.165, 1.54) is 0 Å². The number of aliphatic carboxylic acids is 1. The van der Waals surface area contributed by atoms with Gasteiger partial charge in [-0.2, -0.15) is 0 Å². The number of carbonyl (C=O) groups is 2. The Bertz CT molecular complexity index is 1240. The molecule has 1 aromatic heterocycles. The first-order valence-corrected chi connectivity index (χ1v) is 11.0. The largest absolute Gasteiger partial charge is 0.481 e. The molecular formula is C25H21N3O4S. The number of aromatic nitrogens is 2. The highest BCUT2D eigenvalue weighted by Gasteiger charge is 2.17. The summed E-state index contributed by atoms with van der Waals surface area (Å²) in [6.07, 6.45) is -0.966. The van der Waals surface area contributed by atoms with E-state index in [4.69, 9.17) is 9.84 Å². The van der Waals surface area contributed by atoms with Gasteiger partial charge >= 0.3 is 12.1 Å². The molecule has 0 fully saturated rings. The molecule has 33 heavy (non-hydrogen) atoms. The fourth-order valence-electron chi connectivity index (χ4n) is 3.35. The van der Waals surface area contributed by atoms with Crippen LogP contribution in [-0.2, 0) is 16.0 Å². The summed E-state index contributed by atoms with van der Waals surface area (Å²) in [6, 6.07) is 24.6. The van der Waals surface area contributed by atoms with Crippen LogP contribution in [0.5, 0.6) is 0 Å². The van der Waals surface area contributed by atoms with Crippen molar-refractivity contribution in [2.24, 2.45) is 0 Å². The number of rotatable bonds is 7. The Balaban J connectivity index is 1.44. The Labute approximate surface area is 194 Å². The highest BCUT2D eigenvalue weighted by molar-refractivity contribution is 7.10. The molecule has 1 amide bonds. The summed E-state index contributed by atoms with van der Waals surface area (Å²) in [5.74, 6) is -0.855. The minimum Gasteiger partial charge on any atom is -0.481 e. The zero-order chi connectivity index (χ0) is 23.2. The third-order valence-corrected chi connectivity index (χ3v) is 5.70. The zero-order valence-corrected chi connectivity index (χ0v) is 18.6. The van der Waals surface area contributed by atoms with E-state index < -0.39 is 18.2 Å². The third-order valence-electron chi connectivity index (χ3n) is 5.06. The van der Waals surface area contributed by atoms with Gasteiger partial charge in [0, 0.05) is 17.1 Å². The number of hydrogen-bond donors (Lipinski definition) is 2. The number of benzene rings is 3. The molecule has 0 bridgehead atoms. The molecule has 166 valence electrons. The summed E-state index contributed by atoms with van der Waals surface area (Å²) in [5.41, 5.74) is 4.98. The van der Waals surface area contributed by atoms with Crippen molar-refractivity contribution in [3.63, 3.8) is 0 Å². The molecule has 2 N–H and O–H groups in total. The normalized spacial score (nSPS) is 11.5. The zero-order valence-electron chi connectivity index (χ0n) is 17.8. The number of hydrogen-bond acceptors (Lipinski definition) is 6. The summed E-state index contributed by atoms with van der Waals surface area (Å²) < 4.78 is 9.45. The molecule has 4 aromatic rings. The molecule has 1 unspecified atom stereocenters. The van der Waals surface area contributed by atoms with Gasteiger partial charge in [0.15, 0.2) is 0 Å². The van der Waals surface area contributed by atoms with Crippen molar-refractivity contribution in [2.75, 3.05) is 5.32 Å². The fraction of sp³-hybridized carbons (Fsp3) is 0.120. The number of nitrogens with zero attached hydrogens (tertiary/aromatic N) is 2. The average Bonchev–Trinajstić information content (AvgIpc) is 3.28. The summed E-state index contributed by atoms with van der Waals surface area (Å²) in [6.45, 7) is 1.81. The quantitative estimate of drug-likeness (QED) is 0.362. The maximum Gasteiger partial charge on any atom is 0.412 e. The summed E-state index contributed by atoms with van der Waals surface area (Å²) in [4.78, 5) is 23.2. The first-order chi connectivity index (χ1) is 16.0. The van der Waals surface area contributed by atoms with E-state index in [1.54, 1.807) is 0 Å². The third kappa shape index (κ3) is 5.61. The van der Waals surface area contributed by atoms with E-state index >= 15 is 0 Å². The second-order valence-corrected chi connectivity index (χ2v) is 8.13. The van der Waals surface area contributed by atoms with Crippen molar-refractivity contribution in [3.05, 3.63) is 90.0 Å². The summed E-state index contributed by atoms with van der Waals surface area (Å²) >= 11 is 1.08. The number of carboxylic acids is 1. The van der Waals surface area contributed by atoms with Gasteiger partial charge in [-0.15, -0.1) is 5.10 Å². The van der Waals surface area contributed by atoms with Gasteiger partial charge in [-0.3, -0.25) is 10.1 Å². The molecule has 0 saturated heterocycles. The maximum absolute atomic E-state index is 12.4. The molecular weight excluding hydrogens is 438 g/mol. The van der Waals surface area contributed by atoms with E-state index in [1.807, 2.05) is 85.8 Å². The van der Waals surface area contributed by atoms with Crippen molar-refractivity contribution in [1.29, 1.82) is 0 Å². The molecule has 4 rings (SSSR count). The maximum atomic E-state index is 12.4. The number of carbonyl (C=O) groups excluding carboxylic acids is 1. The first-order valence-electron chi connectivity index (χ1n) is 10.3. The fourth-order valence-corrected chi connectivity index (χ4v) is 3.92. The van der Waals surface area contributed by atoms with Crippen molar-refractivity contribution < 1.29 is 19.4 Å². The number of nitrogens with one attached hydrogen (secondary N) is 1. The van der Waals surface area contributed by atoms with Crippen LogP contribution in [0.1, 0.15) is 24.2 Å². The highest BCUT2D eigenvalue weighted by Crippen LogP contribution is 2.31. The molecule has 8 heteroatoms. The van der Waals surface area contributed by atoms with Gasteiger partial charge in [0.25, 0.3) is 0 Å². The van der Waals surface area contributed by atoms with E-state index in [0.29, 0.717) is 10.7 Å². The smallest absolute Gasteiger partial charge is 0.412 e. The van der Waals surface area contributed by atoms with Gasteiger partial charge in [-0.25, -0.2) is 4.79 Å². The van der Waals surface area contributed by atoms with Gasteiger partial charge in [0.2, 0.25) is 0 Å². The van der Waals surface area contributed by atoms with Crippen LogP contribution in [0.2, 0.25) is 0 Å². The van der Waals surface area contributed by atoms with Crippen LogP contribution in [0.15, 0.2) is 78.9 Å². The van der Waals surface area contributed by atoms with Gasteiger partial charge in [0.05, 0.1) is 6.42 Å². The lowest BCUT2D eigenvalue weighted by Gasteiger charge is -2.13. The Morgan fingerprint density at radius 3 is 2.18 bits per heavy atom. The molecule has 7 nitrogen and oxygen atoms in total. The standard InChI is InChI=1S/C25H21N3O4S/c1-16(18-5-3-2-4-6-18)32-25(31)26-24-23(27-28-33-24)21-13-11-20(12-14-21)19-9-7-17(8-10-19)15-22(29)30/h2-14,16H,15H2,1H3,(H,26,31)(H,29,30). The van der Waals surface area contributed by atoms with Gasteiger partial charge in [-0.1, -0.05) is 83.4 Å². The van der Waals surface area contributed by atoms with Crippen molar-refractivity contribution >= 4 is 28.6 Å². The molecule has 3 aromatic carbocycles. The van der Waals surface area contributed by atoms with Crippen LogP contribution in [0.4, 0.5) is 9.80 Å². The Morgan fingerprint density at radius 2 is 1.55 bits per heavy atom. The minimum absolute atomic E-state index is 0.00161. The van der Waals surface area contributed by atoms with Crippen molar-refractivity contribution in [1.82, 2.24) is 9.59 Å². The van der Waals surface area contributed by atoms with Gasteiger partial charge in [-0.05, 0) is 29.2 Å². The first kappa shape index (κ1) is 22.2. The van der Waals surface area contributed by atoms with Crippen molar-refractivity contribution in [3.8, 4) is 22.4 Å². The Hall–Kier alpha value is -4.04. The Morgan fingerprint density at radius 1 is 0.939 bits per heavy atom. The molecule has 0 aliphatic carbocycles. The lowest BCUT2D eigenvalue weighted by Crippen LogP contribution is -2.15. The van der Waals surface area contributed by atoms with Crippen LogP contribution in [0.25, 0.3) is 22.4 Å². The molecule has 0 spiro atoms. The van der Waals surface area contributed by atoms with E-state index in [0.717, 1.165) is 39.3 Å². The molecule has 0 aliphatic heterocycles. The molecule has 0 aliphatic rings. The number of amides is 1. The highest BCUT2D eigenvalue weighted by atomic mass is 32.1. The predicted molar refractivity (Wildman–Crippen MR) is 127 cm³/mol. The predicted octanol–water partition coefficient (Wildman–Crippen LogP) is 5.81. The van der Waals surface area contributed by atoms with Gasteiger partial charge < -0.3 is 9.84 Å². The average molecular weight is 460 g/mol. The number of carboxylic acid groups (broad SMARTS) is 1. The van der Waals surface area contributed by atoms with Gasteiger partial charge in [0.1, 0.15) is 16.8 Å². The Kier molecular flexibility index (Phi) is 6.75. The van der Waals surface area contributed by atoms with Crippen LogP contribution >= 0.6 is 11.5 Å². The monoisotopic (exact) mass is 459 g/mol. The lowest BCUT2D eigenvalue weighted by molar-refractivity contribution is -0.136. The number of anilines is 1. The second kappa shape index (κ2) is 10.1. The van der Waals surface area contributed by atoms with Crippen LogP contribution < -0.4 is 5.32 Å². The molecule has 1 heterocycles. The topological polar surface area (TPSA) is 101 Å². The molecule has 0 saturated carbocycles. The SMILES string of the molecule is CC(OC(=O)Nc1snnc1-c1ccc(-c2ccc(CC(=O)O)cc2)cc1)c1ccccc1. The molecule has 0 radical (unpaired) electrons. The lowest BCUT2D eigenvalue weighted by atomic mass is 10.0. The minimum atomic E-state index is -0.855. The van der Waals surface area contributed by atoms with Crippen LogP contribution in [-0.4, -0.2) is 26.8 Å². The van der Waals surface area contributed by atoms with Crippen LogP contribution in [0.3, 0.4) is 0 Å². The van der Waals surface area contributed by atoms with E-state index in [-0.39, 0.29) is 6.42 Å². The molecule has 1 atom stereocenters. The van der Waals surface area contributed by atoms with E-state index in [9.17, 15) is 9.59 Å². The van der Waals surface area contributed by atoms with Crippen LogP contribution in [0, 0.1) is 0 Å². The van der Waals surface area contributed by atoms with Crippen molar-refractivity contribution in [2.45, 2.75) is 19.4 Å². The number of ether oxygens (including phenoxy) is 1. The summed E-state index contributed by atoms with van der Waals surface area (Å²) in [5, 5.41) is 16.3.